The Hall–Kier alpha value is -3.49. The summed E-state index contributed by atoms with van der Waals surface area (Å²) in [7, 11) is 0. The number of hydrogen-bond acceptors (Lipinski definition) is 3. The van der Waals surface area contributed by atoms with E-state index in [9.17, 15) is 26.7 Å². The second-order valence-corrected chi connectivity index (χ2v) is 5.68. The molecule has 0 saturated carbocycles. The summed E-state index contributed by atoms with van der Waals surface area (Å²) in [5.74, 6) is -2.18. The predicted molar refractivity (Wildman–Crippen MR) is 93.3 cm³/mol. The largest absolute Gasteiger partial charge is 0.418 e. The molecule has 144 valence electrons. The lowest BCUT2D eigenvalue weighted by Gasteiger charge is -2.13. The monoisotopic (exact) mass is 393 g/mol. The summed E-state index contributed by atoms with van der Waals surface area (Å²) in [6, 6.07) is 10.2. The highest BCUT2D eigenvalue weighted by atomic mass is 19.4. The van der Waals surface area contributed by atoms with Crippen molar-refractivity contribution in [1.29, 1.82) is 0 Å². The second-order valence-electron chi connectivity index (χ2n) is 5.68. The van der Waals surface area contributed by atoms with Crippen molar-refractivity contribution in [1.82, 2.24) is 4.98 Å². The van der Waals surface area contributed by atoms with E-state index in [4.69, 9.17) is 0 Å². The van der Waals surface area contributed by atoms with Crippen LogP contribution in [0.3, 0.4) is 0 Å². The first-order valence-corrected chi connectivity index (χ1v) is 7.90. The SMILES string of the molecule is O=C(Nc1ccccc1C(F)(F)F)c1ccc(Nc2ccc(F)cc2F)nc1. The number of anilines is 3. The molecule has 4 nitrogen and oxygen atoms in total. The summed E-state index contributed by atoms with van der Waals surface area (Å²) in [5, 5.41) is 4.81. The van der Waals surface area contributed by atoms with E-state index in [2.05, 4.69) is 15.6 Å². The smallest absolute Gasteiger partial charge is 0.338 e. The number of alkyl halides is 3. The number of hydrogen-bond donors (Lipinski definition) is 2. The molecule has 9 heteroatoms. The topological polar surface area (TPSA) is 54.0 Å². The first-order valence-electron chi connectivity index (χ1n) is 7.90. The number of carbonyl (C=O) groups is 1. The minimum Gasteiger partial charge on any atom is -0.338 e. The maximum Gasteiger partial charge on any atom is 0.418 e. The highest BCUT2D eigenvalue weighted by Crippen LogP contribution is 2.34. The number of amides is 1. The standard InChI is InChI=1S/C19H12F5N3O/c20-12-6-7-16(14(21)9-12)26-17-8-5-11(10-25-17)18(28)27-15-4-2-1-3-13(15)19(22,23)24/h1-10H,(H,25,26)(H,27,28). The van der Waals surface area contributed by atoms with E-state index in [0.717, 1.165) is 24.4 Å². The Morgan fingerprint density at radius 1 is 0.929 bits per heavy atom. The number of nitrogens with one attached hydrogen (secondary N) is 2. The predicted octanol–water partition coefficient (Wildman–Crippen LogP) is 5.37. The maximum atomic E-state index is 13.6. The van der Waals surface area contributed by atoms with Crippen molar-refractivity contribution in [3.05, 3.63) is 83.6 Å². The fraction of sp³-hybridized carbons (Fsp3) is 0.0526. The van der Waals surface area contributed by atoms with Gasteiger partial charge < -0.3 is 10.6 Å². The van der Waals surface area contributed by atoms with Crippen molar-refractivity contribution in [2.24, 2.45) is 0 Å². The van der Waals surface area contributed by atoms with E-state index < -0.39 is 29.3 Å². The lowest BCUT2D eigenvalue weighted by atomic mass is 10.1. The maximum absolute atomic E-state index is 13.6. The molecule has 1 aromatic heterocycles. The molecule has 1 heterocycles. The van der Waals surface area contributed by atoms with Gasteiger partial charge in [-0.3, -0.25) is 4.79 Å². The third-order valence-electron chi connectivity index (χ3n) is 3.70. The molecular weight excluding hydrogens is 381 g/mol. The van der Waals surface area contributed by atoms with Crippen molar-refractivity contribution >= 4 is 23.1 Å². The molecule has 0 spiro atoms. The Labute approximate surface area is 156 Å². The average molecular weight is 393 g/mol. The Balaban J connectivity index is 1.74. The van der Waals surface area contributed by atoms with Crippen LogP contribution in [0, 0.1) is 11.6 Å². The van der Waals surface area contributed by atoms with Crippen molar-refractivity contribution in [2.45, 2.75) is 6.18 Å². The summed E-state index contributed by atoms with van der Waals surface area (Å²) >= 11 is 0. The van der Waals surface area contributed by atoms with Crippen LogP contribution in [0.5, 0.6) is 0 Å². The highest BCUT2D eigenvalue weighted by molar-refractivity contribution is 6.04. The summed E-state index contributed by atoms with van der Waals surface area (Å²) < 4.78 is 65.5. The van der Waals surface area contributed by atoms with Crippen LogP contribution in [-0.2, 0) is 6.18 Å². The quantitative estimate of drug-likeness (QED) is 0.586. The first-order chi connectivity index (χ1) is 13.2. The van der Waals surface area contributed by atoms with Crippen LogP contribution in [0.1, 0.15) is 15.9 Å². The van der Waals surface area contributed by atoms with Crippen molar-refractivity contribution in [2.75, 3.05) is 10.6 Å². The van der Waals surface area contributed by atoms with Crippen LogP contribution in [0.15, 0.2) is 60.8 Å². The molecule has 0 aliphatic carbocycles. The molecule has 1 amide bonds. The molecule has 0 aliphatic heterocycles. The van der Waals surface area contributed by atoms with E-state index >= 15 is 0 Å². The van der Waals surface area contributed by atoms with Gasteiger partial charge in [0.25, 0.3) is 5.91 Å². The number of nitrogens with zero attached hydrogens (tertiary/aromatic N) is 1. The molecule has 2 aromatic carbocycles. The third-order valence-corrected chi connectivity index (χ3v) is 3.70. The van der Waals surface area contributed by atoms with E-state index in [1.165, 1.54) is 30.3 Å². The molecule has 0 fully saturated rings. The first kappa shape index (κ1) is 19.3. The van der Waals surface area contributed by atoms with E-state index in [0.29, 0.717) is 6.07 Å². The zero-order valence-corrected chi connectivity index (χ0v) is 14.0. The van der Waals surface area contributed by atoms with E-state index in [-0.39, 0.29) is 22.8 Å². The Morgan fingerprint density at radius 2 is 1.68 bits per heavy atom. The van der Waals surface area contributed by atoms with Gasteiger partial charge in [0.2, 0.25) is 0 Å². The molecule has 2 N–H and O–H groups in total. The summed E-state index contributed by atoms with van der Waals surface area (Å²) in [6.07, 6.45) is -3.50. The molecule has 3 rings (SSSR count). The van der Waals surface area contributed by atoms with Crippen molar-refractivity contribution in [3.8, 4) is 0 Å². The fourth-order valence-corrected chi connectivity index (χ4v) is 2.36. The summed E-state index contributed by atoms with van der Waals surface area (Å²) in [5.41, 5.74) is -1.37. The molecule has 0 aliphatic rings. The van der Waals surface area contributed by atoms with Gasteiger partial charge in [0.1, 0.15) is 17.5 Å². The molecule has 0 unspecified atom stereocenters. The van der Waals surface area contributed by atoms with Crippen LogP contribution >= 0.6 is 0 Å². The lowest BCUT2D eigenvalue weighted by Crippen LogP contribution is -2.16. The van der Waals surface area contributed by atoms with Crippen LogP contribution in [0.2, 0.25) is 0 Å². The Kier molecular flexibility index (Phi) is 5.25. The summed E-state index contributed by atoms with van der Waals surface area (Å²) in [6.45, 7) is 0. The molecule has 3 aromatic rings. The number of halogens is 5. The average Bonchev–Trinajstić information content (AvgIpc) is 2.64. The van der Waals surface area contributed by atoms with Gasteiger partial charge in [-0.05, 0) is 36.4 Å². The minimum absolute atomic E-state index is 0.00195. The van der Waals surface area contributed by atoms with Gasteiger partial charge in [0.15, 0.2) is 0 Å². The zero-order chi connectivity index (χ0) is 20.3. The van der Waals surface area contributed by atoms with E-state index in [1.807, 2.05) is 0 Å². The minimum atomic E-state index is -4.62. The van der Waals surface area contributed by atoms with Gasteiger partial charge in [-0.2, -0.15) is 13.2 Å². The molecule has 28 heavy (non-hydrogen) atoms. The second kappa shape index (κ2) is 7.63. The number of aromatic nitrogens is 1. The molecule has 0 bridgehead atoms. The number of para-hydroxylation sites is 1. The molecule has 0 atom stereocenters. The fourth-order valence-electron chi connectivity index (χ4n) is 2.36. The number of rotatable bonds is 4. The summed E-state index contributed by atoms with van der Waals surface area (Å²) in [4.78, 5) is 16.1. The van der Waals surface area contributed by atoms with Gasteiger partial charge in [-0.15, -0.1) is 0 Å². The van der Waals surface area contributed by atoms with Gasteiger partial charge in [-0.1, -0.05) is 12.1 Å². The molecule has 0 radical (unpaired) electrons. The van der Waals surface area contributed by atoms with Crippen LogP contribution in [0.4, 0.5) is 39.1 Å². The number of benzene rings is 2. The lowest BCUT2D eigenvalue weighted by molar-refractivity contribution is -0.136. The molecule has 0 saturated heterocycles. The van der Waals surface area contributed by atoms with Crippen molar-refractivity contribution < 1.29 is 26.7 Å². The van der Waals surface area contributed by atoms with Gasteiger partial charge in [0, 0.05) is 12.3 Å². The van der Waals surface area contributed by atoms with Gasteiger partial charge in [0.05, 0.1) is 22.5 Å². The van der Waals surface area contributed by atoms with E-state index in [1.54, 1.807) is 0 Å². The number of carbonyl (C=O) groups excluding carboxylic acids is 1. The Morgan fingerprint density at radius 3 is 2.32 bits per heavy atom. The van der Waals surface area contributed by atoms with Gasteiger partial charge in [-0.25, -0.2) is 13.8 Å². The van der Waals surface area contributed by atoms with Crippen LogP contribution in [0.25, 0.3) is 0 Å². The van der Waals surface area contributed by atoms with Gasteiger partial charge >= 0.3 is 6.18 Å². The Bertz CT molecular complexity index is 1000. The van der Waals surface area contributed by atoms with Crippen molar-refractivity contribution in [3.63, 3.8) is 0 Å². The normalized spacial score (nSPS) is 11.2. The van der Waals surface area contributed by atoms with Crippen LogP contribution in [-0.4, -0.2) is 10.9 Å². The molecular formula is C19H12F5N3O. The number of pyridine rings is 1. The highest BCUT2D eigenvalue weighted by Gasteiger charge is 2.33. The third kappa shape index (κ3) is 4.43. The zero-order valence-electron chi connectivity index (χ0n) is 14.0. The van der Waals surface area contributed by atoms with Crippen LogP contribution < -0.4 is 10.6 Å².